The summed E-state index contributed by atoms with van der Waals surface area (Å²) in [5, 5.41) is 18.8. The molecule has 1 saturated carbocycles. The number of rotatable bonds is 5. The number of carboxylic acids is 1. The molecule has 168 valence electrons. The predicted molar refractivity (Wildman–Crippen MR) is 102 cm³/mol. The summed E-state index contributed by atoms with van der Waals surface area (Å²) < 4.78 is 60.8. The SMILES string of the molecule is COc1c(N2CCC(C(O)C(F)(F)F)C2)c(F)cc2c(=O)c(C(=O)O)cn(C3CC3)c12. The predicted octanol–water partition coefficient (Wildman–Crippen LogP) is 2.93. The molecule has 7 nitrogen and oxygen atoms in total. The highest BCUT2D eigenvalue weighted by atomic mass is 19.4. The number of halogens is 4. The smallest absolute Gasteiger partial charge is 0.414 e. The standard InChI is InChI=1S/C20H20F4N2O5/c1-31-17-14-11(16(27)12(19(29)30)8-26(14)10-2-3-10)6-13(21)15(17)25-5-4-9(7-25)18(28)20(22,23)24/h6,8-10,18,28H,2-5,7H2,1H3,(H,29,30). The Bertz CT molecular complexity index is 1110. The molecule has 1 aliphatic carbocycles. The quantitative estimate of drug-likeness (QED) is 0.690. The van der Waals surface area contributed by atoms with Crippen molar-refractivity contribution in [2.24, 2.45) is 5.92 Å². The van der Waals surface area contributed by atoms with Crippen LogP contribution in [0.25, 0.3) is 10.9 Å². The zero-order chi connectivity index (χ0) is 22.7. The molecule has 1 saturated heterocycles. The van der Waals surface area contributed by atoms with Crippen LogP contribution in [0.5, 0.6) is 5.75 Å². The van der Waals surface area contributed by atoms with Crippen molar-refractivity contribution in [1.29, 1.82) is 0 Å². The van der Waals surface area contributed by atoms with E-state index in [1.54, 1.807) is 4.57 Å². The normalized spacial score (nSPS) is 20.3. The second kappa shape index (κ2) is 7.40. The number of aromatic nitrogens is 1. The Labute approximate surface area is 173 Å². The maximum Gasteiger partial charge on any atom is 0.414 e. The molecule has 2 unspecified atom stereocenters. The number of ether oxygens (including phenoxy) is 1. The summed E-state index contributed by atoms with van der Waals surface area (Å²) in [5.41, 5.74) is -1.27. The Morgan fingerprint density at radius 1 is 1.29 bits per heavy atom. The molecule has 0 amide bonds. The van der Waals surface area contributed by atoms with E-state index in [9.17, 15) is 33.0 Å². The lowest BCUT2D eigenvalue weighted by atomic mass is 10.0. The molecular weight excluding hydrogens is 424 g/mol. The van der Waals surface area contributed by atoms with E-state index in [2.05, 4.69) is 0 Å². The van der Waals surface area contributed by atoms with Gasteiger partial charge in [-0.05, 0) is 25.3 Å². The van der Waals surface area contributed by atoms with Crippen LogP contribution >= 0.6 is 0 Å². The third-order valence-corrected chi connectivity index (χ3v) is 5.90. The first-order valence-electron chi connectivity index (χ1n) is 9.73. The number of benzene rings is 1. The average Bonchev–Trinajstić information content (AvgIpc) is 3.43. The van der Waals surface area contributed by atoms with Crippen LogP contribution in [0.3, 0.4) is 0 Å². The highest BCUT2D eigenvalue weighted by Crippen LogP contribution is 2.45. The Morgan fingerprint density at radius 3 is 2.52 bits per heavy atom. The first-order valence-corrected chi connectivity index (χ1v) is 9.73. The summed E-state index contributed by atoms with van der Waals surface area (Å²) in [6.07, 6.45) is -4.65. The fourth-order valence-electron chi connectivity index (χ4n) is 4.24. The maximum absolute atomic E-state index is 15.1. The van der Waals surface area contributed by atoms with Gasteiger partial charge >= 0.3 is 12.1 Å². The Kier molecular flexibility index (Phi) is 5.11. The third kappa shape index (κ3) is 3.60. The number of alkyl halides is 3. The molecule has 2 aliphatic rings. The van der Waals surface area contributed by atoms with Crippen molar-refractivity contribution in [3.05, 3.63) is 33.9 Å². The van der Waals surface area contributed by atoms with Crippen molar-refractivity contribution in [3.8, 4) is 5.75 Å². The summed E-state index contributed by atoms with van der Waals surface area (Å²) in [4.78, 5) is 25.5. The number of fused-ring (bicyclic) bond motifs is 1. The van der Waals surface area contributed by atoms with E-state index < -0.39 is 41.0 Å². The molecule has 11 heteroatoms. The molecular formula is C20H20F4N2O5. The topological polar surface area (TPSA) is 92.0 Å². The molecule has 2 N–H and O–H groups in total. The van der Waals surface area contributed by atoms with Gasteiger partial charge in [0.1, 0.15) is 11.3 Å². The molecule has 0 bridgehead atoms. The van der Waals surface area contributed by atoms with Gasteiger partial charge in [-0.2, -0.15) is 13.2 Å². The monoisotopic (exact) mass is 444 g/mol. The average molecular weight is 444 g/mol. The van der Waals surface area contributed by atoms with Crippen LogP contribution in [0.4, 0.5) is 23.2 Å². The molecule has 2 heterocycles. The molecule has 0 spiro atoms. The summed E-state index contributed by atoms with van der Waals surface area (Å²) >= 11 is 0. The van der Waals surface area contributed by atoms with Gasteiger partial charge in [-0.25, -0.2) is 9.18 Å². The van der Waals surface area contributed by atoms with Crippen LogP contribution in [0.15, 0.2) is 17.1 Å². The van der Waals surface area contributed by atoms with Crippen molar-refractivity contribution >= 4 is 22.6 Å². The second-order valence-electron chi connectivity index (χ2n) is 7.93. The van der Waals surface area contributed by atoms with E-state index in [1.807, 2.05) is 0 Å². The number of anilines is 1. The van der Waals surface area contributed by atoms with Gasteiger partial charge in [0.15, 0.2) is 17.7 Å². The number of carbonyl (C=O) groups is 1. The summed E-state index contributed by atoms with van der Waals surface area (Å²) in [6, 6.07) is 0.820. The van der Waals surface area contributed by atoms with E-state index in [1.165, 1.54) is 18.2 Å². The van der Waals surface area contributed by atoms with E-state index in [0.29, 0.717) is 0 Å². The summed E-state index contributed by atoms with van der Waals surface area (Å²) in [7, 11) is 1.25. The molecule has 2 aromatic rings. The van der Waals surface area contributed by atoms with Crippen molar-refractivity contribution in [3.63, 3.8) is 0 Å². The molecule has 2 fully saturated rings. The minimum Gasteiger partial charge on any atom is -0.492 e. The molecule has 0 radical (unpaired) electrons. The number of hydrogen-bond donors (Lipinski definition) is 2. The number of hydrogen-bond acceptors (Lipinski definition) is 5. The van der Waals surface area contributed by atoms with Gasteiger partial charge in [0, 0.05) is 31.2 Å². The minimum absolute atomic E-state index is 0.00527. The largest absolute Gasteiger partial charge is 0.492 e. The number of aliphatic hydroxyl groups excluding tert-OH is 1. The lowest BCUT2D eigenvalue weighted by Gasteiger charge is -2.26. The first-order chi connectivity index (χ1) is 14.5. The summed E-state index contributed by atoms with van der Waals surface area (Å²) in [5.74, 6) is -3.53. The fourth-order valence-corrected chi connectivity index (χ4v) is 4.24. The first kappa shape index (κ1) is 21.4. The number of pyridine rings is 1. The Morgan fingerprint density at radius 2 is 1.97 bits per heavy atom. The van der Waals surface area contributed by atoms with Crippen molar-refractivity contribution in [2.45, 2.75) is 37.6 Å². The molecule has 2 atom stereocenters. The van der Waals surface area contributed by atoms with Crippen molar-refractivity contribution in [2.75, 3.05) is 25.1 Å². The van der Waals surface area contributed by atoms with Crippen LogP contribution in [0.1, 0.15) is 35.7 Å². The lowest BCUT2D eigenvalue weighted by Crippen LogP contribution is -2.37. The van der Waals surface area contributed by atoms with Gasteiger partial charge in [-0.1, -0.05) is 0 Å². The van der Waals surface area contributed by atoms with Gasteiger partial charge in [0.2, 0.25) is 5.43 Å². The van der Waals surface area contributed by atoms with E-state index in [4.69, 9.17) is 4.74 Å². The van der Waals surface area contributed by atoms with E-state index >= 15 is 4.39 Å². The van der Waals surface area contributed by atoms with Crippen molar-refractivity contribution in [1.82, 2.24) is 4.57 Å². The number of methoxy groups -OCH3 is 1. The van der Waals surface area contributed by atoms with Gasteiger partial charge in [-0.15, -0.1) is 0 Å². The molecule has 1 aliphatic heterocycles. The Hall–Kier alpha value is -2.82. The molecule has 4 rings (SSSR count). The number of nitrogens with zero attached hydrogens (tertiary/aromatic N) is 2. The number of aliphatic hydroxyl groups is 1. The van der Waals surface area contributed by atoms with Gasteiger partial charge in [0.05, 0.1) is 18.0 Å². The van der Waals surface area contributed by atoms with Crippen LogP contribution in [0, 0.1) is 11.7 Å². The second-order valence-corrected chi connectivity index (χ2v) is 7.93. The zero-order valence-electron chi connectivity index (χ0n) is 16.4. The van der Waals surface area contributed by atoms with E-state index in [0.717, 1.165) is 18.9 Å². The molecule has 1 aromatic carbocycles. The maximum atomic E-state index is 15.1. The minimum atomic E-state index is -4.79. The third-order valence-electron chi connectivity index (χ3n) is 5.90. The van der Waals surface area contributed by atoms with Crippen LogP contribution in [-0.2, 0) is 0 Å². The zero-order valence-corrected chi connectivity index (χ0v) is 16.4. The fraction of sp³-hybridized carbons (Fsp3) is 0.500. The lowest BCUT2D eigenvalue weighted by molar-refractivity contribution is -0.217. The molecule has 31 heavy (non-hydrogen) atoms. The number of aromatic carboxylic acids is 1. The molecule has 1 aromatic heterocycles. The highest BCUT2D eigenvalue weighted by Gasteiger charge is 2.46. The highest BCUT2D eigenvalue weighted by molar-refractivity contribution is 5.97. The van der Waals surface area contributed by atoms with Gasteiger partial charge < -0.3 is 24.4 Å². The van der Waals surface area contributed by atoms with Crippen LogP contribution in [0.2, 0.25) is 0 Å². The van der Waals surface area contributed by atoms with Crippen molar-refractivity contribution < 1.29 is 37.3 Å². The van der Waals surface area contributed by atoms with Gasteiger partial charge in [0.25, 0.3) is 0 Å². The van der Waals surface area contributed by atoms with E-state index in [-0.39, 0.29) is 47.9 Å². The van der Waals surface area contributed by atoms with Crippen LogP contribution < -0.4 is 15.1 Å². The number of carboxylic acid groups (broad SMARTS) is 1. The Balaban J connectivity index is 1.87. The summed E-state index contributed by atoms with van der Waals surface area (Å²) in [6.45, 7) is -0.197. The van der Waals surface area contributed by atoms with Gasteiger partial charge in [-0.3, -0.25) is 4.79 Å². The van der Waals surface area contributed by atoms with Crippen LogP contribution in [-0.4, -0.2) is 53.2 Å².